The number of aryl methyl sites for hydroxylation is 1. The van der Waals surface area contributed by atoms with Gasteiger partial charge in [-0.05, 0) is 24.1 Å². The van der Waals surface area contributed by atoms with E-state index in [9.17, 15) is 9.18 Å². The lowest BCUT2D eigenvalue weighted by Crippen LogP contribution is -2.31. The molecule has 0 saturated carbocycles. The topological polar surface area (TPSA) is 20.3 Å². The number of amides is 1. The average molecular weight is 214 g/mol. The molecule has 1 aliphatic heterocycles. The summed E-state index contributed by atoms with van der Waals surface area (Å²) in [6.07, 6.45) is 1.02. The summed E-state index contributed by atoms with van der Waals surface area (Å²) in [5, 5.41) is 0.0605. The maximum Gasteiger partial charge on any atom is 0.227 e. The Morgan fingerprint density at radius 3 is 2.86 bits per heavy atom. The van der Waals surface area contributed by atoms with Gasteiger partial charge in [-0.1, -0.05) is 11.6 Å². The molecule has 2 nitrogen and oxygen atoms in total. The zero-order valence-electron chi connectivity index (χ0n) is 7.68. The molecule has 1 aromatic carbocycles. The first-order valence-electron chi connectivity index (χ1n) is 4.34. The van der Waals surface area contributed by atoms with Gasteiger partial charge in [-0.2, -0.15) is 0 Å². The number of carbonyl (C=O) groups is 1. The Kier molecular flexibility index (Phi) is 2.19. The highest BCUT2D eigenvalue weighted by atomic mass is 35.5. The van der Waals surface area contributed by atoms with Gasteiger partial charge >= 0.3 is 0 Å². The summed E-state index contributed by atoms with van der Waals surface area (Å²) in [5.41, 5.74) is 1.56. The highest BCUT2D eigenvalue weighted by molar-refractivity contribution is 6.31. The number of hydrogen-bond donors (Lipinski definition) is 0. The summed E-state index contributed by atoms with van der Waals surface area (Å²) < 4.78 is 13.1. The molecule has 14 heavy (non-hydrogen) atoms. The second-order valence-corrected chi connectivity index (χ2v) is 3.75. The molecule has 0 aromatic heterocycles. The third-order valence-electron chi connectivity index (χ3n) is 2.47. The molecule has 1 aromatic rings. The maximum absolute atomic E-state index is 13.1. The number of benzene rings is 1. The number of fused-ring (bicyclic) bond motifs is 1. The van der Waals surface area contributed by atoms with E-state index in [1.54, 1.807) is 7.05 Å². The van der Waals surface area contributed by atoms with Gasteiger partial charge in [0.05, 0.1) is 5.02 Å². The van der Waals surface area contributed by atoms with Gasteiger partial charge in [0.2, 0.25) is 5.91 Å². The van der Waals surface area contributed by atoms with Crippen LogP contribution >= 0.6 is 11.6 Å². The van der Waals surface area contributed by atoms with Gasteiger partial charge in [0.1, 0.15) is 5.82 Å². The molecular weight excluding hydrogens is 205 g/mol. The molecule has 1 aliphatic rings. The monoisotopic (exact) mass is 213 g/mol. The van der Waals surface area contributed by atoms with E-state index in [1.165, 1.54) is 17.0 Å². The lowest BCUT2D eigenvalue weighted by atomic mass is 10.0. The minimum atomic E-state index is -0.423. The first-order valence-corrected chi connectivity index (χ1v) is 4.72. The fourth-order valence-corrected chi connectivity index (χ4v) is 1.79. The molecule has 0 fully saturated rings. The van der Waals surface area contributed by atoms with Crippen molar-refractivity contribution in [1.29, 1.82) is 0 Å². The minimum Gasteiger partial charge on any atom is -0.315 e. The fraction of sp³-hybridized carbons (Fsp3) is 0.300. The Hall–Kier alpha value is -1.09. The Bertz CT molecular complexity index is 405. The summed E-state index contributed by atoms with van der Waals surface area (Å²) >= 11 is 5.65. The highest BCUT2D eigenvalue weighted by Gasteiger charge is 2.22. The lowest BCUT2D eigenvalue weighted by molar-refractivity contribution is -0.118. The molecule has 0 spiro atoms. The first kappa shape index (κ1) is 9.46. The van der Waals surface area contributed by atoms with Crippen LogP contribution < -0.4 is 4.90 Å². The Balaban J connectivity index is 2.55. The van der Waals surface area contributed by atoms with Crippen LogP contribution in [0.3, 0.4) is 0 Å². The van der Waals surface area contributed by atoms with Gasteiger partial charge in [-0.25, -0.2) is 4.39 Å². The van der Waals surface area contributed by atoms with Gasteiger partial charge in [-0.15, -0.1) is 0 Å². The predicted molar refractivity (Wildman–Crippen MR) is 53.1 cm³/mol. The molecule has 0 atom stereocenters. The molecule has 0 aliphatic carbocycles. The van der Waals surface area contributed by atoms with Gasteiger partial charge in [-0.3, -0.25) is 4.79 Å². The molecule has 4 heteroatoms. The molecule has 0 bridgehead atoms. The van der Waals surface area contributed by atoms with E-state index in [4.69, 9.17) is 11.6 Å². The van der Waals surface area contributed by atoms with Crippen molar-refractivity contribution < 1.29 is 9.18 Å². The number of rotatable bonds is 0. The molecule has 0 radical (unpaired) electrons. The number of nitrogens with zero attached hydrogens (tertiary/aromatic N) is 1. The highest BCUT2D eigenvalue weighted by Crippen LogP contribution is 2.31. The van der Waals surface area contributed by atoms with Crippen molar-refractivity contribution in [2.45, 2.75) is 12.8 Å². The van der Waals surface area contributed by atoms with E-state index < -0.39 is 5.82 Å². The molecule has 0 saturated heterocycles. The molecule has 74 valence electrons. The smallest absolute Gasteiger partial charge is 0.227 e. The molecule has 0 N–H and O–H groups in total. The van der Waals surface area contributed by atoms with Crippen LogP contribution in [0.1, 0.15) is 12.0 Å². The third kappa shape index (κ3) is 1.38. The van der Waals surface area contributed by atoms with Gasteiger partial charge < -0.3 is 4.90 Å². The van der Waals surface area contributed by atoms with Crippen LogP contribution in [0.5, 0.6) is 0 Å². The van der Waals surface area contributed by atoms with Crippen LogP contribution in [0.25, 0.3) is 0 Å². The van der Waals surface area contributed by atoms with Gasteiger partial charge in [0.25, 0.3) is 0 Å². The quantitative estimate of drug-likeness (QED) is 0.648. The van der Waals surface area contributed by atoms with Crippen molar-refractivity contribution in [2.24, 2.45) is 0 Å². The van der Waals surface area contributed by atoms with Crippen LogP contribution in [0.15, 0.2) is 12.1 Å². The number of halogens is 2. The van der Waals surface area contributed by atoms with Gasteiger partial charge in [0, 0.05) is 19.2 Å². The number of hydrogen-bond acceptors (Lipinski definition) is 1. The largest absolute Gasteiger partial charge is 0.315 e. The van der Waals surface area contributed by atoms with Crippen LogP contribution in [0.2, 0.25) is 5.02 Å². The number of anilines is 1. The predicted octanol–water partition coefficient (Wildman–Crippen LogP) is 2.39. The second-order valence-electron chi connectivity index (χ2n) is 3.35. The van der Waals surface area contributed by atoms with Crippen LogP contribution in [-0.2, 0) is 11.2 Å². The Morgan fingerprint density at radius 1 is 1.43 bits per heavy atom. The van der Waals surface area contributed by atoms with Crippen molar-refractivity contribution in [3.05, 3.63) is 28.5 Å². The average Bonchev–Trinajstić information content (AvgIpc) is 2.15. The zero-order valence-corrected chi connectivity index (χ0v) is 8.44. The van der Waals surface area contributed by atoms with E-state index in [2.05, 4.69) is 0 Å². The maximum atomic E-state index is 13.1. The van der Waals surface area contributed by atoms with E-state index in [0.717, 1.165) is 5.56 Å². The van der Waals surface area contributed by atoms with E-state index >= 15 is 0 Å². The third-order valence-corrected chi connectivity index (χ3v) is 2.75. The van der Waals surface area contributed by atoms with Crippen LogP contribution in [-0.4, -0.2) is 13.0 Å². The van der Waals surface area contributed by atoms with Crippen molar-refractivity contribution in [2.75, 3.05) is 11.9 Å². The standard InChI is InChI=1S/C10H9ClFNO/c1-13-9-5-7(11)8(12)4-6(9)2-3-10(13)14/h4-5H,2-3H2,1H3. The summed E-state index contributed by atoms with van der Waals surface area (Å²) in [6.45, 7) is 0. The Labute approximate surface area is 86.3 Å². The first-order chi connectivity index (χ1) is 6.59. The molecule has 0 unspecified atom stereocenters. The van der Waals surface area contributed by atoms with Crippen LogP contribution in [0, 0.1) is 5.82 Å². The zero-order chi connectivity index (χ0) is 10.3. The summed E-state index contributed by atoms with van der Waals surface area (Å²) in [4.78, 5) is 12.9. The van der Waals surface area contributed by atoms with Crippen molar-refractivity contribution in [3.63, 3.8) is 0 Å². The lowest BCUT2D eigenvalue weighted by Gasteiger charge is -2.25. The van der Waals surface area contributed by atoms with Crippen molar-refractivity contribution in [3.8, 4) is 0 Å². The fourth-order valence-electron chi connectivity index (χ4n) is 1.63. The van der Waals surface area contributed by atoms with E-state index in [0.29, 0.717) is 18.5 Å². The van der Waals surface area contributed by atoms with E-state index in [1.807, 2.05) is 0 Å². The second kappa shape index (κ2) is 3.24. The molecule has 2 rings (SSSR count). The summed E-state index contributed by atoms with van der Waals surface area (Å²) in [5.74, 6) is -0.381. The molecule has 1 amide bonds. The molecule has 1 heterocycles. The summed E-state index contributed by atoms with van der Waals surface area (Å²) in [7, 11) is 1.68. The number of carbonyl (C=O) groups excluding carboxylic acids is 1. The van der Waals surface area contributed by atoms with Crippen molar-refractivity contribution in [1.82, 2.24) is 0 Å². The van der Waals surface area contributed by atoms with Crippen LogP contribution in [0.4, 0.5) is 10.1 Å². The van der Waals surface area contributed by atoms with Crippen molar-refractivity contribution >= 4 is 23.2 Å². The Morgan fingerprint density at radius 2 is 2.14 bits per heavy atom. The summed E-state index contributed by atoms with van der Waals surface area (Å²) in [6, 6.07) is 2.91. The van der Waals surface area contributed by atoms with Gasteiger partial charge in [0.15, 0.2) is 0 Å². The normalized spacial score (nSPS) is 15.6. The minimum absolute atomic E-state index is 0.0418. The van der Waals surface area contributed by atoms with E-state index in [-0.39, 0.29) is 10.9 Å². The molecular formula is C10H9ClFNO. The SMILES string of the molecule is CN1C(=O)CCc2cc(F)c(Cl)cc21.